The zero-order valence-electron chi connectivity index (χ0n) is 22.2. The highest BCUT2D eigenvalue weighted by Gasteiger charge is 2.23. The van der Waals surface area contributed by atoms with Crippen LogP contribution in [-0.4, -0.2) is 16.0 Å². The van der Waals surface area contributed by atoms with Crippen molar-refractivity contribution < 1.29 is 0 Å². The lowest BCUT2D eigenvalue weighted by molar-refractivity contribution is 0.590. The van der Waals surface area contributed by atoms with Crippen LogP contribution in [0.15, 0.2) is 87.6 Å². The van der Waals surface area contributed by atoms with Gasteiger partial charge in [-0.3, -0.25) is 4.99 Å². The van der Waals surface area contributed by atoms with Crippen molar-refractivity contribution in [1.82, 2.24) is 0 Å². The molecular formula is C32H39NSi. The Labute approximate surface area is 209 Å². The van der Waals surface area contributed by atoms with Gasteiger partial charge in [0.2, 0.25) is 0 Å². The van der Waals surface area contributed by atoms with Crippen molar-refractivity contribution in [1.29, 1.82) is 0 Å². The third kappa shape index (κ3) is 4.61. The molecule has 2 heteroatoms. The molecule has 0 aromatic heterocycles. The molecular weight excluding hydrogens is 426 g/mol. The largest absolute Gasteiger partial charge is 0.253 e. The maximum Gasteiger partial charge on any atom is 0.0711 e. The summed E-state index contributed by atoms with van der Waals surface area (Å²) in [5, 5.41) is 0. The minimum Gasteiger partial charge on any atom is -0.253 e. The van der Waals surface area contributed by atoms with Gasteiger partial charge in [0, 0.05) is 21.5 Å². The van der Waals surface area contributed by atoms with Gasteiger partial charge in [-0.05, 0) is 83.2 Å². The lowest BCUT2D eigenvalue weighted by atomic mass is 9.86. The Kier molecular flexibility index (Phi) is 6.82. The van der Waals surface area contributed by atoms with Crippen molar-refractivity contribution in [2.75, 3.05) is 0 Å². The Bertz CT molecular complexity index is 1260. The van der Waals surface area contributed by atoms with Crippen LogP contribution < -0.4 is 0 Å². The third-order valence-electron chi connectivity index (χ3n) is 7.44. The Morgan fingerprint density at radius 2 is 1.65 bits per heavy atom. The van der Waals surface area contributed by atoms with Crippen LogP contribution in [0.25, 0.3) is 17.2 Å². The first-order valence-electron chi connectivity index (χ1n) is 12.7. The van der Waals surface area contributed by atoms with Crippen LogP contribution >= 0.6 is 0 Å². The van der Waals surface area contributed by atoms with Gasteiger partial charge < -0.3 is 0 Å². The molecule has 1 heterocycles. The average molecular weight is 466 g/mol. The van der Waals surface area contributed by atoms with Gasteiger partial charge in [0.05, 0.1) is 5.70 Å². The maximum absolute atomic E-state index is 4.43. The van der Waals surface area contributed by atoms with Crippen LogP contribution in [0.3, 0.4) is 0 Å². The second-order valence-corrected chi connectivity index (χ2v) is 12.1. The van der Waals surface area contributed by atoms with Crippen LogP contribution in [0, 0.1) is 0 Å². The summed E-state index contributed by atoms with van der Waals surface area (Å²) in [4.78, 5) is 4.43. The quantitative estimate of drug-likeness (QED) is 0.409. The van der Waals surface area contributed by atoms with Gasteiger partial charge >= 0.3 is 0 Å². The molecule has 2 aliphatic carbocycles. The van der Waals surface area contributed by atoms with Crippen molar-refractivity contribution in [3.63, 3.8) is 0 Å². The molecule has 0 saturated heterocycles. The van der Waals surface area contributed by atoms with Gasteiger partial charge in [0.25, 0.3) is 0 Å². The monoisotopic (exact) mass is 465 g/mol. The minimum absolute atomic E-state index is 0.214. The second kappa shape index (κ2) is 9.50. The molecule has 2 aromatic rings. The molecule has 0 spiro atoms. The van der Waals surface area contributed by atoms with Gasteiger partial charge in [-0.2, -0.15) is 0 Å². The molecule has 0 N–H and O–H groups in total. The third-order valence-corrected chi connectivity index (χ3v) is 8.80. The first-order chi connectivity index (χ1) is 16.1. The van der Waals surface area contributed by atoms with Crippen molar-refractivity contribution in [3.8, 4) is 11.1 Å². The van der Waals surface area contributed by atoms with E-state index in [-0.39, 0.29) is 5.41 Å². The molecule has 0 amide bonds. The Morgan fingerprint density at radius 3 is 2.26 bits per heavy atom. The van der Waals surface area contributed by atoms with E-state index in [0.29, 0.717) is 5.54 Å². The molecule has 3 aliphatic rings. The summed E-state index contributed by atoms with van der Waals surface area (Å²) < 4.78 is 0. The SMILES string of the molecule is CC1=CC=C2N=C(C)C(C)=C12.CCCC1=Cc2c(-c3ccc(C(C)(C)C)cc3)cccc2C1[SiH3]. The number of hydrogen-bond donors (Lipinski definition) is 0. The summed E-state index contributed by atoms with van der Waals surface area (Å²) in [6, 6.07) is 16.0. The van der Waals surface area contributed by atoms with Gasteiger partial charge in [0.1, 0.15) is 0 Å². The lowest BCUT2D eigenvalue weighted by Crippen LogP contribution is -2.10. The van der Waals surface area contributed by atoms with Crippen LogP contribution in [0.5, 0.6) is 0 Å². The van der Waals surface area contributed by atoms with E-state index < -0.39 is 0 Å². The molecule has 5 rings (SSSR count). The summed E-state index contributed by atoms with van der Waals surface area (Å²) in [5.41, 5.74) is 16.1. The molecule has 0 bridgehead atoms. The van der Waals surface area contributed by atoms with Crippen LogP contribution in [0.4, 0.5) is 0 Å². The van der Waals surface area contributed by atoms with E-state index in [4.69, 9.17) is 0 Å². The molecule has 1 nitrogen and oxygen atoms in total. The van der Waals surface area contributed by atoms with Crippen LogP contribution in [0.2, 0.25) is 0 Å². The first kappa shape index (κ1) is 24.4. The van der Waals surface area contributed by atoms with Gasteiger partial charge in [-0.1, -0.05) is 94.3 Å². The lowest BCUT2D eigenvalue weighted by Gasteiger charge is -2.19. The number of benzene rings is 2. The highest BCUT2D eigenvalue weighted by atomic mass is 28.1. The zero-order valence-corrected chi connectivity index (χ0v) is 24.2. The van der Waals surface area contributed by atoms with Crippen molar-refractivity contribution >= 4 is 22.0 Å². The molecule has 0 fully saturated rings. The predicted octanol–water partition coefficient (Wildman–Crippen LogP) is 7.88. The fourth-order valence-corrected chi connectivity index (χ4v) is 6.17. The van der Waals surface area contributed by atoms with Gasteiger partial charge in [-0.25, -0.2) is 0 Å². The second-order valence-electron chi connectivity index (χ2n) is 10.9. The fraction of sp³-hybridized carbons (Fsp3) is 0.344. The average Bonchev–Trinajstić information content (AvgIpc) is 3.42. The van der Waals surface area contributed by atoms with Gasteiger partial charge in [0.15, 0.2) is 0 Å². The Morgan fingerprint density at radius 1 is 0.941 bits per heavy atom. The smallest absolute Gasteiger partial charge is 0.0711 e. The number of aliphatic imine (C=N–C) groups is 1. The van der Waals surface area contributed by atoms with E-state index in [1.54, 1.807) is 11.1 Å². The molecule has 2 aromatic carbocycles. The highest BCUT2D eigenvalue weighted by molar-refractivity contribution is 6.16. The standard InChI is InChI=1S/C22H28Si.C10H11N/c1-5-7-16-14-20-18(8-6-9-19(20)21(16)23)15-10-12-17(13-11-15)22(2,3)4;1-6-4-5-9-10(6)7(2)8(3)11-9/h6,8-14,21H,5,7H2,1-4,23H3;4-5H,1-3H3. The summed E-state index contributed by atoms with van der Waals surface area (Å²) in [6.45, 7) is 15.4. The Balaban J connectivity index is 0.000000207. The van der Waals surface area contributed by atoms with Crippen molar-refractivity contribution in [2.45, 2.75) is 72.3 Å². The Hall–Kier alpha value is -2.71. The molecule has 1 unspecified atom stereocenters. The number of nitrogens with zero attached hydrogens (tertiary/aromatic N) is 1. The summed E-state index contributed by atoms with van der Waals surface area (Å²) in [5.74, 6) is 0. The summed E-state index contributed by atoms with van der Waals surface area (Å²) in [6.07, 6.45) is 9.18. The number of rotatable bonds is 3. The van der Waals surface area contributed by atoms with E-state index in [1.165, 1.54) is 67.8 Å². The fourth-order valence-electron chi connectivity index (χ4n) is 5.21. The molecule has 1 aliphatic heterocycles. The number of allylic oxidation sites excluding steroid dienone is 5. The molecule has 176 valence electrons. The van der Waals surface area contributed by atoms with Gasteiger partial charge in [-0.15, -0.1) is 0 Å². The number of hydrogen-bond acceptors (Lipinski definition) is 1. The number of fused-ring (bicyclic) bond motifs is 2. The van der Waals surface area contributed by atoms with Crippen molar-refractivity contribution in [2.24, 2.45) is 4.99 Å². The van der Waals surface area contributed by atoms with E-state index in [1.807, 2.05) is 0 Å². The molecule has 34 heavy (non-hydrogen) atoms. The minimum atomic E-state index is 0.214. The highest BCUT2D eigenvalue weighted by Crippen LogP contribution is 2.41. The van der Waals surface area contributed by atoms with E-state index in [2.05, 4.69) is 114 Å². The molecule has 0 radical (unpaired) electrons. The molecule has 1 atom stereocenters. The summed E-state index contributed by atoms with van der Waals surface area (Å²) in [7, 11) is 1.21. The van der Waals surface area contributed by atoms with Crippen LogP contribution in [-0.2, 0) is 5.41 Å². The van der Waals surface area contributed by atoms with E-state index in [9.17, 15) is 0 Å². The van der Waals surface area contributed by atoms with Crippen LogP contribution in [0.1, 0.15) is 83.5 Å². The topological polar surface area (TPSA) is 12.4 Å². The summed E-state index contributed by atoms with van der Waals surface area (Å²) >= 11 is 0. The van der Waals surface area contributed by atoms with E-state index >= 15 is 0 Å². The van der Waals surface area contributed by atoms with Crippen molar-refractivity contribution in [3.05, 3.63) is 99.3 Å². The maximum atomic E-state index is 4.43. The normalized spacial score (nSPS) is 18.6. The predicted molar refractivity (Wildman–Crippen MR) is 154 cm³/mol. The van der Waals surface area contributed by atoms with E-state index in [0.717, 1.165) is 5.70 Å². The molecule has 0 saturated carbocycles. The zero-order chi connectivity index (χ0) is 24.6. The first-order valence-corrected chi connectivity index (χ1v) is 13.9.